The van der Waals surface area contributed by atoms with Crippen LogP contribution in [0.15, 0.2) is 54.6 Å². The maximum absolute atomic E-state index is 3.60. The van der Waals surface area contributed by atoms with Crippen molar-refractivity contribution in [3.8, 4) is 0 Å². The number of para-hydroxylation sites is 1. The van der Waals surface area contributed by atoms with E-state index >= 15 is 0 Å². The molecule has 2 aromatic carbocycles. The first kappa shape index (κ1) is 12.2. The largest absolute Gasteiger partial charge is 0.377 e. The summed E-state index contributed by atoms with van der Waals surface area (Å²) in [5.74, 6) is 0. The molecule has 3 aromatic rings. The van der Waals surface area contributed by atoms with E-state index in [1.165, 1.54) is 26.2 Å². The van der Waals surface area contributed by atoms with Gasteiger partial charge in [-0.05, 0) is 43.0 Å². The average Bonchev–Trinajstić information content (AvgIpc) is 2.85. The lowest BCUT2D eigenvalue weighted by molar-refractivity contribution is 0.906. The second-order valence-electron chi connectivity index (χ2n) is 4.87. The molecule has 1 aromatic heterocycles. The van der Waals surface area contributed by atoms with E-state index in [1.54, 1.807) is 0 Å². The van der Waals surface area contributed by atoms with Gasteiger partial charge >= 0.3 is 0 Å². The summed E-state index contributed by atoms with van der Waals surface area (Å²) >= 11 is 1.87. The molecule has 0 aliphatic rings. The molecule has 0 aliphatic carbocycles. The Morgan fingerprint density at radius 2 is 1.74 bits per heavy atom. The zero-order valence-corrected chi connectivity index (χ0v) is 12.0. The van der Waals surface area contributed by atoms with Crippen LogP contribution in [0, 0.1) is 6.92 Å². The van der Waals surface area contributed by atoms with Crippen LogP contribution in [-0.4, -0.2) is 0 Å². The number of fused-ring (bicyclic) bond motifs is 1. The first-order valence-corrected chi connectivity index (χ1v) is 7.36. The van der Waals surface area contributed by atoms with Gasteiger partial charge < -0.3 is 5.32 Å². The van der Waals surface area contributed by atoms with Crippen molar-refractivity contribution in [1.82, 2.24) is 0 Å². The SMILES string of the molecule is Cc1ccccc1NC(C)c1cc2ccccc2s1. The predicted molar refractivity (Wildman–Crippen MR) is 85.0 cm³/mol. The van der Waals surface area contributed by atoms with E-state index < -0.39 is 0 Å². The summed E-state index contributed by atoms with van der Waals surface area (Å²) in [6.45, 7) is 4.36. The summed E-state index contributed by atoms with van der Waals surface area (Å²) in [7, 11) is 0. The van der Waals surface area contributed by atoms with Crippen LogP contribution in [0.25, 0.3) is 10.1 Å². The molecule has 0 saturated heterocycles. The van der Waals surface area contributed by atoms with E-state index in [0.29, 0.717) is 6.04 Å². The van der Waals surface area contributed by atoms with E-state index in [2.05, 4.69) is 73.8 Å². The van der Waals surface area contributed by atoms with Crippen molar-refractivity contribution in [1.29, 1.82) is 0 Å². The molecule has 2 heteroatoms. The molecule has 0 amide bonds. The summed E-state index contributed by atoms with van der Waals surface area (Å²) in [4.78, 5) is 1.38. The summed E-state index contributed by atoms with van der Waals surface area (Å²) in [6, 6.07) is 19.6. The van der Waals surface area contributed by atoms with Gasteiger partial charge in [0.1, 0.15) is 0 Å². The first-order valence-electron chi connectivity index (χ1n) is 6.54. The highest BCUT2D eigenvalue weighted by atomic mass is 32.1. The fourth-order valence-electron chi connectivity index (χ4n) is 2.26. The van der Waals surface area contributed by atoms with Gasteiger partial charge in [-0.1, -0.05) is 36.4 Å². The van der Waals surface area contributed by atoms with Gasteiger partial charge in [0.25, 0.3) is 0 Å². The van der Waals surface area contributed by atoms with Gasteiger partial charge in [-0.25, -0.2) is 0 Å². The molecule has 1 nitrogen and oxygen atoms in total. The van der Waals surface area contributed by atoms with Gasteiger partial charge in [0, 0.05) is 15.3 Å². The number of thiophene rings is 1. The fraction of sp³-hybridized carbons (Fsp3) is 0.176. The summed E-state index contributed by atoms with van der Waals surface area (Å²) in [5, 5.41) is 4.93. The molecular formula is C17H17NS. The Bertz CT molecular complexity index is 666. The van der Waals surface area contributed by atoms with Gasteiger partial charge in [-0.15, -0.1) is 11.3 Å². The molecule has 1 N–H and O–H groups in total. The van der Waals surface area contributed by atoms with Crippen LogP contribution in [0.5, 0.6) is 0 Å². The van der Waals surface area contributed by atoms with Crippen molar-refractivity contribution in [2.24, 2.45) is 0 Å². The standard InChI is InChI=1S/C17H17NS/c1-12-7-3-5-9-15(12)18-13(2)17-11-14-8-4-6-10-16(14)19-17/h3-11,13,18H,1-2H3. The molecule has 0 saturated carbocycles. The second-order valence-corrected chi connectivity index (χ2v) is 5.98. The third-order valence-corrected chi connectivity index (χ3v) is 4.69. The Kier molecular flexibility index (Phi) is 3.26. The maximum Gasteiger partial charge on any atom is 0.0579 e. The Labute approximate surface area is 117 Å². The highest BCUT2D eigenvalue weighted by molar-refractivity contribution is 7.19. The van der Waals surface area contributed by atoms with Gasteiger partial charge in [-0.3, -0.25) is 0 Å². The number of anilines is 1. The van der Waals surface area contributed by atoms with Gasteiger partial charge in [-0.2, -0.15) is 0 Å². The lowest BCUT2D eigenvalue weighted by atomic mass is 10.1. The number of benzene rings is 2. The van der Waals surface area contributed by atoms with Crippen LogP contribution in [0.1, 0.15) is 23.4 Å². The van der Waals surface area contributed by atoms with Gasteiger partial charge in [0.2, 0.25) is 0 Å². The molecule has 96 valence electrons. The van der Waals surface area contributed by atoms with E-state index in [0.717, 1.165) is 0 Å². The van der Waals surface area contributed by atoms with E-state index in [-0.39, 0.29) is 0 Å². The summed E-state index contributed by atoms with van der Waals surface area (Å²) in [5.41, 5.74) is 2.50. The van der Waals surface area contributed by atoms with Gasteiger partial charge in [0.15, 0.2) is 0 Å². The number of nitrogens with one attached hydrogen (secondary N) is 1. The Hall–Kier alpha value is -1.80. The number of hydrogen-bond acceptors (Lipinski definition) is 2. The third-order valence-electron chi connectivity index (χ3n) is 3.39. The third kappa shape index (κ3) is 2.49. The van der Waals surface area contributed by atoms with E-state index in [1.807, 2.05) is 11.3 Å². The van der Waals surface area contributed by atoms with E-state index in [4.69, 9.17) is 0 Å². The van der Waals surface area contributed by atoms with Crippen LogP contribution in [0.4, 0.5) is 5.69 Å². The van der Waals surface area contributed by atoms with Crippen molar-refractivity contribution < 1.29 is 0 Å². The topological polar surface area (TPSA) is 12.0 Å². The second kappa shape index (κ2) is 5.06. The number of aryl methyl sites for hydroxylation is 1. The van der Waals surface area contributed by atoms with Crippen LogP contribution in [0.3, 0.4) is 0 Å². The number of rotatable bonds is 3. The monoisotopic (exact) mass is 267 g/mol. The molecule has 1 unspecified atom stereocenters. The van der Waals surface area contributed by atoms with Crippen molar-refractivity contribution in [2.45, 2.75) is 19.9 Å². The molecule has 0 spiro atoms. The van der Waals surface area contributed by atoms with Crippen molar-refractivity contribution >= 4 is 27.1 Å². The van der Waals surface area contributed by atoms with Crippen LogP contribution < -0.4 is 5.32 Å². The molecule has 0 fully saturated rings. The maximum atomic E-state index is 3.60. The molecule has 19 heavy (non-hydrogen) atoms. The number of hydrogen-bond donors (Lipinski definition) is 1. The minimum atomic E-state index is 0.332. The van der Waals surface area contributed by atoms with E-state index in [9.17, 15) is 0 Å². The molecule has 0 bridgehead atoms. The van der Waals surface area contributed by atoms with Crippen molar-refractivity contribution in [3.05, 3.63) is 65.0 Å². The van der Waals surface area contributed by atoms with Crippen LogP contribution in [-0.2, 0) is 0 Å². The lowest BCUT2D eigenvalue weighted by Gasteiger charge is -2.15. The fourth-order valence-corrected chi connectivity index (χ4v) is 3.32. The zero-order chi connectivity index (χ0) is 13.2. The quantitative estimate of drug-likeness (QED) is 0.671. The molecule has 0 aliphatic heterocycles. The first-order chi connectivity index (χ1) is 9.24. The molecule has 1 atom stereocenters. The molecule has 1 heterocycles. The summed E-state index contributed by atoms with van der Waals surface area (Å²) in [6.07, 6.45) is 0. The Balaban J connectivity index is 1.87. The Morgan fingerprint density at radius 1 is 1.00 bits per heavy atom. The van der Waals surface area contributed by atoms with Crippen molar-refractivity contribution in [3.63, 3.8) is 0 Å². The highest BCUT2D eigenvalue weighted by Gasteiger charge is 2.10. The average molecular weight is 267 g/mol. The normalized spacial score (nSPS) is 12.5. The Morgan fingerprint density at radius 3 is 2.53 bits per heavy atom. The molecular weight excluding hydrogens is 250 g/mol. The molecule has 3 rings (SSSR count). The lowest BCUT2D eigenvalue weighted by Crippen LogP contribution is -2.05. The van der Waals surface area contributed by atoms with Crippen molar-refractivity contribution in [2.75, 3.05) is 5.32 Å². The minimum absolute atomic E-state index is 0.332. The summed E-state index contributed by atoms with van der Waals surface area (Å²) < 4.78 is 1.36. The molecule has 0 radical (unpaired) electrons. The van der Waals surface area contributed by atoms with Crippen LogP contribution in [0.2, 0.25) is 0 Å². The predicted octanol–water partition coefficient (Wildman–Crippen LogP) is 5.38. The minimum Gasteiger partial charge on any atom is -0.377 e. The highest BCUT2D eigenvalue weighted by Crippen LogP contribution is 2.31. The smallest absolute Gasteiger partial charge is 0.0579 e. The zero-order valence-electron chi connectivity index (χ0n) is 11.2. The van der Waals surface area contributed by atoms with Gasteiger partial charge in [0.05, 0.1) is 6.04 Å². The van der Waals surface area contributed by atoms with Crippen LogP contribution >= 0.6 is 11.3 Å².